The zero-order valence-electron chi connectivity index (χ0n) is 10.7. The highest BCUT2D eigenvalue weighted by Gasteiger charge is 2.47. The zero-order valence-corrected chi connectivity index (χ0v) is 10.7. The molecule has 5 nitrogen and oxygen atoms in total. The fraction of sp³-hybridized carbons (Fsp3) is 0.833. The predicted octanol–water partition coefficient (Wildman–Crippen LogP) is 0.291. The van der Waals surface area contributed by atoms with Gasteiger partial charge in [-0.25, -0.2) is 0 Å². The van der Waals surface area contributed by atoms with Crippen molar-refractivity contribution in [2.45, 2.75) is 50.7 Å². The lowest BCUT2D eigenvalue weighted by Crippen LogP contribution is -2.66. The predicted molar refractivity (Wildman–Crippen MR) is 62.4 cm³/mol. The van der Waals surface area contributed by atoms with E-state index in [1.54, 1.807) is 0 Å². The summed E-state index contributed by atoms with van der Waals surface area (Å²) in [7, 11) is 1.35. The minimum absolute atomic E-state index is 0.0363. The molecule has 1 aliphatic carbocycles. The van der Waals surface area contributed by atoms with Crippen molar-refractivity contribution in [3.05, 3.63) is 0 Å². The van der Waals surface area contributed by atoms with E-state index < -0.39 is 6.04 Å². The molecule has 1 saturated carbocycles. The summed E-state index contributed by atoms with van der Waals surface area (Å²) in [5.41, 5.74) is -0.162. The Morgan fingerprint density at radius 3 is 2.71 bits per heavy atom. The largest absolute Gasteiger partial charge is 0.469 e. The minimum atomic E-state index is -0.420. The van der Waals surface area contributed by atoms with Crippen LogP contribution in [0.5, 0.6) is 0 Å². The summed E-state index contributed by atoms with van der Waals surface area (Å²) < 4.78 is 4.61. The molecule has 1 amide bonds. The van der Waals surface area contributed by atoms with Crippen LogP contribution in [-0.4, -0.2) is 48.1 Å². The van der Waals surface area contributed by atoms with Gasteiger partial charge in [-0.1, -0.05) is 0 Å². The van der Waals surface area contributed by atoms with Gasteiger partial charge in [0.25, 0.3) is 0 Å². The maximum absolute atomic E-state index is 12.3. The molecule has 1 saturated heterocycles. The maximum Gasteiger partial charge on any atom is 0.307 e. The molecule has 0 aromatic heterocycles. The zero-order chi connectivity index (χ0) is 12.6. The number of ether oxygens (including phenoxy) is 1. The van der Waals surface area contributed by atoms with Crippen molar-refractivity contribution in [2.24, 2.45) is 0 Å². The molecule has 2 rings (SSSR count). The first-order valence-electron chi connectivity index (χ1n) is 6.09. The molecule has 2 aliphatic rings. The fourth-order valence-corrected chi connectivity index (χ4v) is 2.43. The van der Waals surface area contributed by atoms with Gasteiger partial charge < -0.3 is 15.0 Å². The highest BCUT2D eigenvalue weighted by Crippen LogP contribution is 2.35. The second-order valence-electron chi connectivity index (χ2n) is 5.47. The summed E-state index contributed by atoms with van der Waals surface area (Å²) in [5.74, 6) is -0.305. The molecular formula is C12H20N2O3. The lowest BCUT2D eigenvalue weighted by molar-refractivity contribution is -0.150. The van der Waals surface area contributed by atoms with E-state index >= 15 is 0 Å². The Hall–Kier alpha value is -1.10. The molecule has 1 aliphatic heterocycles. The van der Waals surface area contributed by atoms with Gasteiger partial charge in [0.1, 0.15) is 0 Å². The molecule has 1 N–H and O–H groups in total. The molecule has 0 radical (unpaired) electrons. The first-order valence-corrected chi connectivity index (χ1v) is 6.09. The quantitative estimate of drug-likeness (QED) is 0.720. The lowest BCUT2D eigenvalue weighted by Gasteiger charge is -2.46. The third-order valence-electron chi connectivity index (χ3n) is 3.48. The Labute approximate surface area is 101 Å². The minimum Gasteiger partial charge on any atom is -0.469 e. The van der Waals surface area contributed by atoms with Crippen LogP contribution in [0.3, 0.4) is 0 Å². The number of esters is 1. The number of hydrogen-bond donors (Lipinski definition) is 1. The van der Waals surface area contributed by atoms with Crippen LogP contribution in [0.1, 0.15) is 33.1 Å². The Morgan fingerprint density at radius 2 is 2.18 bits per heavy atom. The van der Waals surface area contributed by atoms with E-state index in [0.29, 0.717) is 6.04 Å². The molecule has 0 aromatic rings. The second-order valence-corrected chi connectivity index (χ2v) is 5.47. The van der Waals surface area contributed by atoms with Gasteiger partial charge in [-0.2, -0.15) is 0 Å². The number of nitrogens with zero attached hydrogens (tertiary/aromatic N) is 1. The molecule has 0 aromatic carbocycles. The Balaban J connectivity index is 2.08. The highest BCUT2D eigenvalue weighted by atomic mass is 16.5. The van der Waals surface area contributed by atoms with Gasteiger partial charge in [0, 0.05) is 12.6 Å². The summed E-state index contributed by atoms with van der Waals surface area (Å²) in [6, 6.07) is -0.0455. The van der Waals surface area contributed by atoms with E-state index in [-0.39, 0.29) is 23.8 Å². The van der Waals surface area contributed by atoms with Gasteiger partial charge in [0.15, 0.2) is 0 Å². The van der Waals surface area contributed by atoms with Gasteiger partial charge in [-0.15, -0.1) is 0 Å². The number of piperazine rings is 1. The molecule has 2 fully saturated rings. The third-order valence-corrected chi connectivity index (χ3v) is 3.48. The van der Waals surface area contributed by atoms with E-state index in [9.17, 15) is 9.59 Å². The molecule has 1 unspecified atom stereocenters. The lowest BCUT2D eigenvalue weighted by atomic mass is 9.95. The Bertz CT molecular complexity index is 337. The van der Waals surface area contributed by atoms with Crippen molar-refractivity contribution < 1.29 is 14.3 Å². The van der Waals surface area contributed by atoms with Crippen LogP contribution >= 0.6 is 0 Å². The maximum atomic E-state index is 12.3. The number of hydrogen-bond acceptors (Lipinski definition) is 4. The van der Waals surface area contributed by atoms with Crippen molar-refractivity contribution in [3.63, 3.8) is 0 Å². The van der Waals surface area contributed by atoms with E-state index in [4.69, 9.17) is 0 Å². The van der Waals surface area contributed by atoms with Gasteiger partial charge >= 0.3 is 5.97 Å². The second kappa shape index (κ2) is 4.29. The molecule has 5 heteroatoms. The van der Waals surface area contributed by atoms with Gasteiger partial charge in [-0.05, 0) is 26.7 Å². The van der Waals surface area contributed by atoms with Gasteiger partial charge in [-0.3, -0.25) is 9.59 Å². The number of carbonyl (C=O) groups excluding carboxylic acids is 2. The molecule has 0 bridgehead atoms. The van der Waals surface area contributed by atoms with Crippen LogP contribution in [-0.2, 0) is 14.3 Å². The standard InChI is InChI=1S/C12H20N2O3/c1-12(2)7-13-9(6-10(15)17-3)11(16)14(12)8-4-5-8/h8-9,13H,4-7H2,1-3H3. The van der Waals surface area contributed by atoms with Gasteiger partial charge in [0.2, 0.25) is 5.91 Å². The average Bonchev–Trinajstić information content (AvgIpc) is 3.06. The SMILES string of the molecule is COC(=O)CC1NCC(C)(C)N(C2CC2)C1=O. The Kier molecular flexibility index (Phi) is 3.12. The summed E-state index contributed by atoms with van der Waals surface area (Å²) in [6.07, 6.45) is 2.29. The third kappa shape index (κ3) is 2.44. The highest BCUT2D eigenvalue weighted by molar-refractivity contribution is 5.88. The number of rotatable bonds is 3. The average molecular weight is 240 g/mol. The topological polar surface area (TPSA) is 58.6 Å². The van der Waals surface area contributed by atoms with Crippen LogP contribution in [0, 0.1) is 0 Å². The van der Waals surface area contributed by atoms with Crippen molar-refractivity contribution >= 4 is 11.9 Å². The Morgan fingerprint density at radius 1 is 1.53 bits per heavy atom. The normalized spacial score (nSPS) is 28.1. The number of carbonyl (C=O) groups is 2. The number of nitrogens with one attached hydrogen (secondary N) is 1. The molecular weight excluding hydrogens is 220 g/mol. The van der Waals surface area contributed by atoms with E-state index in [1.807, 2.05) is 4.90 Å². The van der Waals surface area contributed by atoms with Crippen LogP contribution in [0.4, 0.5) is 0 Å². The number of methoxy groups -OCH3 is 1. The molecule has 1 heterocycles. The van der Waals surface area contributed by atoms with Crippen LogP contribution in [0.2, 0.25) is 0 Å². The van der Waals surface area contributed by atoms with Crippen molar-refractivity contribution in [2.75, 3.05) is 13.7 Å². The summed E-state index contributed by atoms with van der Waals surface area (Å²) in [6.45, 7) is 4.84. The van der Waals surface area contributed by atoms with Crippen LogP contribution in [0.25, 0.3) is 0 Å². The smallest absolute Gasteiger partial charge is 0.307 e. The summed E-state index contributed by atoms with van der Waals surface area (Å²) in [4.78, 5) is 25.5. The summed E-state index contributed by atoms with van der Waals surface area (Å²) in [5, 5.41) is 3.14. The van der Waals surface area contributed by atoms with E-state index in [0.717, 1.165) is 19.4 Å². The van der Waals surface area contributed by atoms with E-state index in [1.165, 1.54) is 7.11 Å². The first-order chi connectivity index (χ1) is 7.95. The van der Waals surface area contributed by atoms with Crippen molar-refractivity contribution in [3.8, 4) is 0 Å². The molecule has 0 spiro atoms. The molecule has 17 heavy (non-hydrogen) atoms. The van der Waals surface area contributed by atoms with Crippen LogP contribution < -0.4 is 5.32 Å². The van der Waals surface area contributed by atoms with Crippen LogP contribution in [0.15, 0.2) is 0 Å². The van der Waals surface area contributed by atoms with E-state index in [2.05, 4.69) is 23.9 Å². The van der Waals surface area contributed by atoms with Crippen molar-refractivity contribution in [1.82, 2.24) is 10.2 Å². The fourth-order valence-electron chi connectivity index (χ4n) is 2.43. The monoisotopic (exact) mass is 240 g/mol. The summed E-state index contributed by atoms with van der Waals surface area (Å²) >= 11 is 0. The molecule has 1 atom stereocenters. The number of amides is 1. The first kappa shape index (κ1) is 12.4. The van der Waals surface area contributed by atoms with Gasteiger partial charge in [0.05, 0.1) is 25.1 Å². The molecule has 96 valence electrons. The van der Waals surface area contributed by atoms with Crippen molar-refractivity contribution in [1.29, 1.82) is 0 Å².